The van der Waals surface area contributed by atoms with E-state index >= 15 is 0 Å². The Balaban J connectivity index is 0.00000176. The Morgan fingerprint density at radius 1 is 1.45 bits per heavy atom. The first-order valence-corrected chi connectivity index (χ1v) is 8.02. The Morgan fingerprint density at radius 2 is 2.23 bits per heavy atom. The Hall–Kier alpha value is -1.43. The normalized spacial score (nSPS) is 16.5. The lowest BCUT2D eigenvalue weighted by Crippen LogP contribution is -2.27. The molecule has 1 aromatic heterocycles. The summed E-state index contributed by atoms with van der Waals surface area (Å²) in [6.07, 6.45) is 3.16. The van der Waals surface area contributed by atoms with Crippen molar-refractivity contribution in [2.24, 2.45) is 5.73 Å². The summed E-state index contributed by atoms with van der Waals surface area (Å²) in [4.78, 5) is 17.9. The molecular weight excluding hydrogens is 318 g/mol. The molecular formula is C16H20ClN3OS. The third-order valence-electron chi connectivity index (χ3n) is 3.84. The van der Waals surface area contributed by atoms with Gasteiger partial charge in [0.2, 0.25) is 5.91 Å². The third-order valence-corrected chi connectivity index (χ3v) is 4.87. The maximum absolute atomic E-state index is 12.1. The fraction of sp³-hybridized carbons (Fsp3) is 0.375. The van der Waals surface area contributed by atoms with Crippen LogP contribution in [0.2, 0.25) is 0 Å². The van der Waals surface area contributed by atoms with Gasteiger partial charge in [-0.3, -0.25) is 4.79 Å². The minimum Gasteiger partial charge on any atom is -0.327 e. The second kappa shape index (κ2) is 7.22. The Morgan fingerprint density at radius 3 is 3.00 bits per heavy atom. The topological polar surface area (TPSA) is 68.0 Å². The molecule has 1 aliphatic carbocycles. The molecule has 0 saturated carbocycles. The van der Waals surface area contributed by atoms with E-state index in [-0.39, 0.29) is 24.4 Å². The number of nitrogens with two attached hydrogens (primary N) is 1. The number of carbonyl (C=O) groups is 1. The van der Waals surface area contributed by atoms with Crippen molar-refractivity contribution in [2.45, 2.75) is 38.6 Å². The number of thiazole rings is 1. The molecule has 0 radical (unpaired) electrons. The van der Waals surface area contributed by atoms with Crippen molar-refractivity contribution in [3.05, 3.63) is 46.0 Å². The molecule has 3 rings (SSSR count). The van der Waals surface area contributed by atoms with Crippen molar-refractivity contribution < 1.29 is 4.79 Å². The zero-order valence-electron chi connectivity index (χ0n) is 12.5. The van der Waals surface area contributed by atoms with Gasteiger partial charge in [-0.15, -0.1) is 23.7 Å². The number of halogens is 1. The molecule has 3 N–H and O–H groups in total. The summed E-state index contributed by atoms with van der Waals surface area (Å²) in [5.41, 5.74) is 9.27. The molecule has 118 valence electrons. The predicted molar refractivity (Wildman–Crippen MR) is 92.9 cm³/mol. The van der Waals surface area contributed by atoms with E-state index in [0.29, 0.717) is 11.6 Å². The lowest BCUT2D eigenvalue weighted by molar-refractivity contribution is -0.115. The Labute approximate surface area is 140 Å². The van der Waals surface area contributed by atoms with Gasteiger partial charge in [-0.05, 0) is 37.3 Å². The number of fused-ring (bicyclic) bond motifs is 1. The molecule has 0 unspecified atom stereocenters. The van der Waals surface area contributed by atoms with Crippen molar-refractivity contribution in [1.29, 1.82) is 0 Å². The standard InChI is InChI=1S/C16H19N3OS.ClH/c1-10-4-2-3-5-11(10)8-15(20)19-16-18-13-7-6-12(17)9-14(13)21-16;/h2-5,12H,6-9,17H2,1H3,(H,18,19,20);1H/t12-;/m0./s1. The van der Waals surface area contributed by atoms with E-state index in [4.69, 9.17) is 5.73 Å². The number of carbonyl (C=O) groups excluding carboxylic acids is 1. The number of nitrogens with one attached hydrogen (secondary N) is 1. The van der Waals surface area contributed by atoms with Crippen molar-refractivity contribution >= 4 is 34.8 Å². The zero-order chi connectivity index (χ0) is 14.8. The van der Waals surface area contributed by atoms with Crippen LogP contribution in [0, 0.1) is 6.92 Å². The van der Waals surface area contributed by atoms with E-state index in [1.807, 2.05) is 31.2 Å². The Bertz CT molecular complexity index is 671. The number of hydrogen-bond acceptors (Lipinski definition) is 4. The van der Waals surface area contributed by atoms with Gasteiger partial charge in [-0.1, -0.05) is 24.3 Å². The number of benzene rings is 1. The van der Waals surface area contributed by atoms with Gasteiger partial charge >= 0.3 is 0 Å². The summed E-state index contributed by atoms with van der Waals surface area (Å²) in [6, 6.07) is 8.18. The summed E-state index contributed by atoms with van der Waals surface area (Å²) in [7, 11) is 0. The molecule has 1 aromatic carbocycles. The molecule has 0 saturated heterocycles. The highest BCUT2D eigenvalue weighted by Crippen LogP contribution is 2.29. The molecule has 4 nitrogen and oxygen atoms in total. The van der Waals surface area contributed by atoms with Gasteiger partial charge in [0.15, 0.2) is 5.13 Å². The van der Waals surface area contributed by atoms with E-state index in [1.165, 1.54) is 4.88 Å². The molecule has 6 heteroatoms. The van der Waals surface area contributed by atoms with Gasteiger partial charge < -0.3 is 11.1 Å². The highest BCUT2D eigenvalue weighted by atomic mass is 35.5. The summed E-state index contributed by atoms with van der Waals surface area (Å²) >= 11 is 1.56. The van der Waals surface area contributed by atoms with Crippen LogP contribution in [-0.2, 0) is 24.1 Å². The average Bonchev–Trinajstić information content (AvgIpc) is 2.82. The van der Waals surface area contributed by atoms with Crippen molar-refractivity contribution in [2.75, 3.05) is 5.32 Å². The van der Waals surface area contributed by atoms with Crippen LogP contribution in [0.4, 0.5) is 5.13 Å². The number of rotatable bonds is 3. The third kappa shape index (κ3) is 3.85. The van der Waals surface area contributed by atoms with Crippen LogP contribution in [0.1, 0.15) is 28.1 Å². The van der Waals surface area contributed by atoms with Crippen LogP contribution in [0.3, 0.4) is 0 Å². The van der Waals surface area contributed by atoms with E-state index in [1.54, 1.807) is 11.3 Å². The van der Waals surface area contributed by atoms with Gasteiger partial charge in [-0.25, -0.2) is 4.98 Å². The molecule has 0 fully saturated rings. The summed E-state index contributed by atoms with van der Waals surface area (Å²) < 4.78 is 0. The lowest BCUT2D eigenvalue weighted by atomic mass is 9.99. The Kier molecular flexibility index (Phi) is 5.56. The number of nitrogens with zero attached hydrogens (tertiary/aromatic N) is 1. The SMILES string of the molecule is Cc1ccccc1CC(=O)Nc1nc2c(s1)C[C@@H](N)CC2.Cl. The molecule has 2 aromatic rings. The number of aryl methyl sites for hydroxylation is 2. The van der Waals surface area contributed by atoms with Crippen LogP contribution in [0.25, 0.3) is 0 Å². The summed E-state index contributed by atoms with van der Waals surface area (Å²) in [6.45, 7) is 2.02. The van der Waals surface area contributed by atoms with Crippen molar-refractivity contribution in [3.8, 4) is 0 Å². The monoisotopic (exact) mass is 337 g/mol. The van der Waals surface area contributed by atoms with Crippen molar-refractivity contribution in [1.82, 2.24) is 4.98 Å². The minimum atomic E-state index is -0.0142. The second-order valence-corrected chi connectivity index (χ2v) is 6.63. The van der Waals surface area contributed by atoms with Crippen LogP contribution in [0.5, 0.6) is 0 Å². The van der Waals surface area contributed by atoms with E-state index in [0.717, 1.165) is 36.1 Å². The lowest BCUT2D eigenvalue weighted by Gasteiger charge is -2.15. The number of hydrogen-bond donors (Lipinski definition) is 2. The van der Waals surface area contributed by atoms with E-state index < -0.39 is 0 Å². The fourth-order valence-electron chi connectivity index (χ4n) is 2.60. The molecule has 22 heavy (non-hydrogen) atoms. The molecule has 0 aliphatic heterocycles. The van der Waals surface area contributed by atoms with Crippen LogP contribution >= 0.6 is 23.7 Å². The minimum absolute atomic E-state index is 0. The van der Waals surface area contributed by atoms with Gasteiger partial charge in [-0.2, -0.15) is 0 Å². The van der Waals surface area contributed by atoms with E-state index in [2.05, 4.69) is 10.3 Å². The highest BCUT2D eigenvalue weighted by Gasteiger charge is 2.20. The fourth-order valence-corrected chi connectivity index (χ4v) is 3.72. The van der Waals surface area contributed by atoms with Gasteiger partial charge in [0.1, 0.15) is 0 Å². The van der Waals surface area contributed by atoms with Crippen LogP contribution in [-0.4, -0.2) is 16.9 Å². The van der Waals surface area contributed by atoms with Gasteiger partial charge in [0, 0.05) is 10.9 Å². The van der Waals surface area contributed by atoms with Crippen LogP contribution in [0.15, 0.2) is 24.3 Å². The molecule has 1 aliphatic rings. The maximum atomic E-state index is 12.1. The zero-order valence-corrected chi connectivity index (χ0v) is 14.1. The van der Waals surface area contributed by atoms with Crippen LogP contribution < -0.4 is 11.1 Å². The molecule has 1 amide bonds. The number of amides is 1. The molecule has 0 spiro atoms. The van der Waals surface area contributed by atoms with Gasteiger partial charge in [0.25, 0.3) is 0 Å². The first kappa shape index (κ1) is 16.9. The molecule has 0 bridgehead atoms. The average molecular weight is 338 g/mol. The first-order chi connectivity index (χ1) is 10.1. The first-order valence-electron chi connectivity index (χ1n) is 7.20. The smallest absolute Gasteiger partial charge is 0.230 e. The van der Waals surface area contributed by atoms with Gasteiger partial charge in [0.05, 0.1) is 12.1 Å². The second-order valence-electron chi connectivity index (χ2n) is 5.54. The molecule has 1 atom stereocenters. The summed E-state index contributed by atoms with van der Waals surface area (Å²) in [5.74, 6) is -0.0142. The molecule has 1 heterocycles. The van der Waals surface area contributed by atoms with E-state index in [9.17, 15) is 4.79 Å². The quantitative estimate of drug-likeness (QED) is 0.905. The largest absolute Gasteiger partial charge is 0.327 e. The summed E-state index contributed by atoms with van der Waals surface area (Å²) in [5, 5.41) is 3.62. The number of anilines is 1. The maximum Gasteiger partial charge on any atom is 0.230 e. The van der Waals surface area contributed by atoms with Crippen molar-refractivity contribution in [3.63, 3.8) is 0 Å². The number of aromatic nitrogens is 1. The highest BCUT2D eigenvalue weighted by molar-refractivity contribution is 7.15. The predicted octanol–water partition coefficient (Wildman–Crippen LogP) is 2.87.